The van der Waals surface area contributed by atoms with Gasteiger partial charge in [-0.15, -0.1) is 5.10 Å². The third kappa shape index (κ3) is 4.63. The first-order valence-corrected chi connectivity index (χ1v) is 7.70. The Morgan fingerprint density at radius 1 is 1.39 bits per heavy atom. The zero-order valence-electron chi connectivity index (χ0n) is 13.8. The summed E-state index contributed by atoms with van der Waals surface area (Å²) in [6, 6.07) is 9.11. The minimum absolute atomic E-state index is 0.368. The van der Waals surface area contributed by atoms with Crippen LogP contribution in [0.15, 0.2) is 36.5 Å². The zero-order valence-corrected chi connectivity index (χ0v) is 13.8. The summed E-state index contributed by atoms with van der Waals surface area (Å²) in [6.45, 7) is 3.67. The lowest BCUT2D eigenvalue weighted by molar-refractivity contribution is -0.144. The van der Waals surface area contributed by atoms with Crippen LogP contribution in [0.1, 0.15) is 37.6 Å². The van der Waals surface area contributed by atoms with Gasteiger partial charge in [-0.25, -0.2) is 9.48 Å². The third-order valence-electron chi connectivity index (χ3n) is 3.95. The molecule has 1 aromatic heterocycles. The predicted molar refractivity (Wildman–Crippen MR) is 85.8 cm³/mol. The Labute approximate surface area is 136 Å². The summed E-state index contributed by atoms with van der Waals surface area (Å²) in [6.07, 6.45) is 3.18. The van der Waals surface area contributed by atoms with Gasteiger partial charge in [-0.2, -0.15) is 0 Å². The van der Waals surface area contributed by atoms with Crippen LogP contribution in [0.5, 0.6) is 0 Å². The first-order chi connectivity index (χ1) is 10.9. The Bertz CT molecular complexity index is 638. The van der Waals surface area contributed by atoms with Crippen molar-refractivity contribution in [1.29, 1.82) is 0 Å². The number of methoxy groups -OCH3 is 1. The van der Waals surface area contributed by atoms with E-state index in [0.29, 0.717) is 25.0 Å². The van der Waals surface area contributed by atoms with Gasteiger partial charge in [0.2, 0.25) is 0 Å². The number of carbonyl (C=O) groups excluding carboxylic acids is 1. The van der Waals surface area contributed by atoms with Crippen molar-refractivity contribution in [2.45, 2.75) is 44.8 Å². The van der Waals surface area contributed by atoms with Crippen LogP contribution in [0.2, 0.25) is 0 Å². The number of aliphatic hydroxyl groups is 1. The Morgan fingerprint density at radius 3 is 2.70 bits per heavy atom. The molecule has 1 N–H and O–H groups in total. The summed E-state index contributed by atoms with van der Waals surface area (Å²) >= 11 is 0. The molecule has 0 unspecified atom stereocenters. The van der Waals surface area contributed by atoms with Crippen molar-refractivity contribution in [1.82, 2.24) is 15.0 Å². The van der Waals surface area contributed by atoms with Crippen LogP contribution >= 0.6 is 0 Å². The van der Waals surface area contributed by atoms with Crippen LogP contribution in [0.4, 0.5) is 0 Å². The van der Waals surface area contributed by atoms with E-state index >= 15 is 0 Å². The highest BCUT2D eigenvalue weighted by atomic mass is 16.5. The van der Waals surface area contributed by atoms with Crippen LogP contribution in [-0.2, 0) is 22.4 Å². The second kappa shape index (κ2) is 7.37. The van der Waals surface area contributed by atoms with Crippen LogP contribution in [0, 0.1) is 0 Å². The molecule has 6 heteroatoms. The molecule has 1 heterocycles. The van der Waals surface area contributed by atoms with E-state index in [9.17, 15) is 9.90 Å². The molecular weight excluding hydrogens is 294 g/mol. The molecule has 2 atom stereocenters. The van der Waals surface area contributed by atoms with E-state index < -0.39 is 11.6 Å². The molecule has 124 valence electrons. The highest BCUT2D eigenvalue weighted by molar-refractivity contribution is 5.74. The van der Waals surface area contributed by atoms with Crippen molar-refractivity contribution in [2.24, 2.45) is 0 Å². The van der Waals surface area contributed by atoms with Crippen molar-refractivity contribution in [2.75, 3.05) is 7.11 Å². The van der Waals surface area contributed by atoms with Gasteiger partial charge < -0.3 is 9.84 Å². The summed E-state index contributed by atoms with van der Waals surface area (Å²) in [7, 11) is 1.36. The van der Waals surface area contributed by atoms with Crippen molar-refractivity contribution in [3.8, 4) is 0 Å². The lowest BCUT2D eigenvalue weighted by Crippen LogP contribution is -2.26. The maximum absolute atomic E-state index is 12.1. The lowest BCUT2D eigenvalue weighted by Gasteiger charge is -2.19. The first kappa shape index (κ1) is 17.1. The number of esters is 1. The quantitative estimate of drug-likeness (QED) is 0.790. The van der Waals surface area contributed by atoms with Crippen molar-refractivity contribution >= 4 is 5.97 Å². The largest absolute Gasteiger partial charge is 0.467 e. The number of hydrogen-bond acceptors (Lipinski definition) is 5. The number of benzene rings is 1. The Kier molecular flexibility index (Phi) is 5.50. The molecular formula is C17H23N3O3. The van der Waals surface area contributed by atoms with Crippen LogP contribution in [0.25, 0.3) is 0 Å². The monoisotopic (exact) mass is 317 g/mol. The molecule has 0 saturated carbocycles. The predicted octanol–water partition coefficient (Wildman–Crippen LogP) is 1.94. The standard InChI is InChI=1S/C17H23N3O3/c1-4-17(2,22)11-14-12-20(19-18-14)15(16(21)23-3)10-13-8-6-5-7-9-13/h5-9,12,15,22H,4,10-11H2,1-3H3/t15-,17-/m0/s1. The summed E-state index contributed by atoms with van der Waals surface area (Å²) in [5.74, 6) is -0.368. The highest BCUT2D eigenvalue weighted by Gasteiger charge is 2.25. The Balaban J connectivity index is 2.20. The van der Waals surface area contributed by atoms with E-state index in [2.05, 4.69) is 10.3 Å². The summed E-state index contributed by atoms with van der Waals surface area (Å²) in [5.41, 5.74) is 0.834. The molecule has 0 saturated heterocycles. The summed E-state index contributed by atoms with van der Waals surface area (Å²) < 4.78 is 6.41. The van der Waals surface area contributed by atoms with Crippen molar-refractivity contribution in [3.05, 3.63) is 47.8 Å². The summed E-state index contributed by atoms with van der Waals surface area (Å²) in [5, 5.41) is 18.3. The molecule has 0 radical (unpaired) electrons. The van der Waals surface area contributed by atoms with Gasteiger partial charge in [-0.3, -0.25) is 0 Å². The van der Waals surface area contributed by atoms with E-state index in [1.165, 1.54) is 11.8 Å². The zero-order chi connectivity index (χ0) is 16.9. The molecule has 23 heavy (non-hydrogen) atoms. The third-order valence-corrected chi connectivity index (χ3v) is 3.95. The minimum Gasteiger partial charge on any atom is -0.467 e. The van der Waals surface area contributed by atoms with Crippen LogP contribution < -0.4 is 0 Å². The van der Waals surface area contributed by atoms with Crippen LogP contribution in [0.3, 0.4) is 0 Å². The average Bonchev–Trinajstić information content (AvgIpc) is 3.00. The van der Waals surface area contributed by atoms with E-state index in [4.69, 9.17) is 4.74 Å². The normalized spacial score (nSPS) is 15.0. The topological polar surface area (TPSA) is 77.2 Å². The maximum atomic E-state index is 12.1. The molecule has 0 spiro atoms. The number of nitrogens with zero attached hydrogens (tertiary/aromatic N) is 3. The van der Waals surface area contributed by atoms with Crippen molar-refractivity contribution < 1.29 is 14.6 Å². The maximum Gasteiger partial charge on any atom is 0.331 e. The number of hydrogen-bond donors (Lipinski definition) is 1. The van der Waals surface area contributed by atoms with Gasteiger partial charge in [-0.1, -0.05) is 42.5 Å². The molecule has 1 aromatic carbocycles. The number of carbonyl (C=O) groups is 1. The Hall–Kier alpha value is -2.21. The lowest BCUT2D eigenvalue weighted by atomic mass is 9.98. The van der Waals surface area contributed by atoms with Crippen LogP contribution in [-0.4, -0.2) is 38.8 Å². The van der Waals surface area contributed by atoms with E-state index in [1.54, 1.807) is 13.1 Å². The molecule has 2 rings (SSSR count). The second-order valence-electron chi connectivity index (χ2n) is 5.95. The second-order valence-corrected chi connectivity index (χ2v) is 5.95. The molecule has 0 aliphatic heterocycles. The fourth-order valence-corrected chi connectivity index (χ4v) is 2.32. The summed E-state index contributed by atoms with van der Waals surface area (Å²) in [4.78, 5) is 12.1. The molecule has 0 aliphatic carbocycles. The average molecular weight is 317 g/mol. The Morgan fingerprint density at radius 2 is 2.09 bits per heavy atom. The fourth-order valence-electron chi connectivity index (χ4n) is 2.32. The highest BCUT2D eigenvalue weighted by Crippen LogP contribution is 2.18. The van der Waals surface area contributed by atoms with Gasteiger partial charge in [-0.05, 0) is 18.9 Å². The van der Waals surface area contributed by atoms with Gasteiger partial charge in [0, 0.05) is 19.0 Å². The van der Waals surface area contributed by atoms with E-state index in [0.717, 1.165) is 5.56 Å². The minimum atomic E-state index is -0.832. The number of ether oxygens (including phenoxy) is 1. The smallest absolute Gasteiger partial charge is 0.331 e. The van der Waals surface area contributed by atoms with Gasteiger partial charge in [0.05, 0.1) is 18.4 Å². The van der Waals surface area contributed by atoms with Gasteiger partial charge in [0.25, 0.3) is 0 Å². The molecule has 6 nitrogen and oxygen atoms in total. The number of aromatic nitrogens is 3. The number of rotatable bonds is 7. The van der Waals surface area contributed by atoms with Gasteiger partial charge in [0.1, 0.15) is 0 Å². The molecule has 0 bridgehead atoms. The van der Waals surface area contributed by atoms with Crippen molar-refractivity contribution in [3.63, 3.8) is 0 Å². The van der Waals surface area contributed by atoms with Gasteiger partial charge >= 0.3 is 5.97 Å². The fraction of sp³-hybridized carbons (Fsp3) is 0.471. The molecule has 0 aliphatic rings. The van der Waals surface area contributed by atoms with Gasteiger partial charge in [0.15, 0.2) is 6.04 Å². The van der Waals surface area contributed by atoms with E-state index in [1.807, 2.05) is 37.3 Å². The SMILES string of the molecule is CC[C@](C)(O)Cc1cn([C@@H](Cc2ccccc2)C(=O)OC)nn1. The molecule has 0 fully saturated rings. The van der Waals surface area contributed by atoms with E-state index in [-0.39, 0.29) is 5.97 Å². The molecule has 2 aromatic rings. The first-order valence-electron chi connectivity index (χ1n) is 7.70. The molecule has 0 amide bonds.